The lowest BCUT2D eigenvalue weighted by molar-refractivity contribution is -0.0408. The Labute approximate surface area is 145 Å². The van der Waals surface area contributed by atoms with Crippen LogP contribution in [-0.2, 0) is 24.7 Å². The van der Waals surface area contributed by atoms with Crippen LogP contribution in [0.2, 0.25) is 0 Å². The number of hydrogen-bond donors (Lipinski definition) is 0. The highest BCUT2D eigenvalue weighted by Gasteiger charge is 2.31. The minimum absolute atomic E-state index is 0.125. The maximum atomic E-state index is 12.3. The minimum Gasteiger partial charge on any atom is -0.444 e. The van der Waals surface area contributed by atoms with Gasteiger partial charge >= 0.3 is 6.09 Å². The summed E-state index contributed by atoms with van der Waals surface area (Å²) in [5.74, 6) is 0. The average Bonchev–Trinajstić information content (AvgIpc) is 2.52. The van der Waals surface area contributed by atoms with Crippen LogP contribution in [0.25, 0.3) is 0 Å². The number of amides is 1. The summed E-state index contributed by atoms with van der Waals surface area (Å²) >= 11 is -1.57. The van der Waals surface area contributed by atoms with E-state index in [9.17, 15) is 9.00 Å². The molecule has 7 heteroatoms. The van der Waals surface area contributed by atoms with Crippen LogP contribution in [0.4, 0.5) is 4.79 Å². The summed E-state index contributed by atoms with van der Waals surface area (Å²) in [5.41, 5.74) is 0.526. The van der Waals surface area contributed by atoms with Crippen LogP contribution in [-0.4, -0.2) is 53.2 Å². The minimum atomic E-state index is -1.57. The summed E-state index contributed by atoms with van der Waals surface area (Å²) < 4.78 is 28.5. The molecule has 134 valence electrons. The molecule has 1 aliphatic heterocycles. The van der Waals surface area contributed by atoms with Gasteiger partial charge in [0.1, 0.15) is 5.60 Å². The molecule has 1 fully saturated rings. The third-order valence-corrected chi connectivity index (χ3v) is 4.44. The molecule has 1 saturated heterocycles. The molecule has 0 radical (unpaired) electrons. The number of benzene rings is 1. The van der Waals surface area contributed by atoms with E-state index in [1.54, 1.807) is 17.0 Å². The van der Waals surface area contributed by atoms with Crippen molar-refractivity contribution < 1.29 is 22.7 Å². The van der Waals surface area contributed by atoms with Gasteiger partial charge in [-0.1, -0.05) is 17.7 Å². The average molecular weight is 355 g/mol. The molecule has 6 nitrogen and oxygen atoms in total. The van der Waals surface area contributed by atoms with Crippen LogP contribution >= 0.6 is 0 Å². The van der Waals surface area contributed by atoms with Crippen molar-refractivity contribution in [3.05, 3.63) is 29.8 Å². The second kappa shape index (κ2) is 8.09. The lowest BCUT2D eigenvalue weighted by atomic mass is 10.2. The van der Waals surface area contributed by atoms with Crippen molar-refractivity contribution in [3.63, 3.8) is 0 Å². The summed E-state index contributed by atoms with van der Waals surface area (Å²) in [6.07, 6.45) is -0.402. The quantitative estimate of drug-likeness (QED) is 0.831. The van der Waals surface area contributed by atoms with E-state index in [-0.39, 0.29) is 12.6 Å². The van der Waals surface area contributed by atoms with Crippen LogP contribution in [0.1, 0.15) is 26.3 Å². The van der Waals surface area contributed by atoms with Crippen molar-refractivity contribution in [1.82, 2.24) is 4.90 Å². The zero-order chi connectivity index (χ0) is 17.7. The van der Waals surface area contributed by atoms with Crippen molar-refractivity contribution in [1.29, 1.82) is 0 Å². The molecule has 1 amide bonds. The molecule has 0 N–H and O–H groups in total. The van der Waals surface area contributed by atoms with Gasteiger partial charge < -0.3 is 9.47 Å². The molecule has 1 aliphatic rings. The topological polar surface area (TPSA) is 65.1 Å². The summed E-state index contributed by atoms with van der Waals surface area (Å²) in [6.45, 7) is 8.78. The maximum absolute atomic E-state index is 12.3. The smallest absolute Gasteiger partial charge is 0.410 e. The highest BCUT2D eigenvalue weighted by atomic mass is 32.2. The van der Waals surface area contributed by atoms with E-state index in [4.69, 9.17) is 13.7 Å². The molecule has 1 aromatic carbocycles. The highest BCUT2D eigenvalue weighted by molar-refractivity contribution is 7.80. The first-order valence-electron chi connectivity index (χ1n) is 7.95. The van der Waals surface area contributed by atoms with Gasteiger partial charge in [-0.3, -0.25) is 9.08 Å². The van der Waals surface area contributed by atoms with Gasteiger partial charge in [0.2, 0.25) is 0 Å². The molecule has 2 rings (SSSR count). The van der Waals surface area contributed by atoms with Crippen LogP contribution in [0.3, 0.4) is 0 Å². The first-order chi connectivity index (χ1) is 11.3. The molecular weight excluding hydrogens is 330 g/mol. The van der Waals surface area contributed by atoms with Gasteiger partial charge in [0.15, 0.2) is 11.1 Å². The van der Waals surface area contributed by atoms with Crippen LogP contribution in [0.5, 0.6) is 0 Å². The second-order valence-electron chi connectivity index (χ2n) is 6.73. The standard InChI is InChI=1S/C17H25NO5S/c1-13-5-7-15(8-6-13)24(20)22-12-14-11-21-10-9-18(14)16(19)23-17(2,3)4/h5-8,14H,9-12H2,1-4H3. The van der Waals surface area contributed by atoms with Crippen molar-refractivity contribution in [3.8, 4) is 0 Å². The van der Waals surface area contributed by atoms with E-state index in [2.05, 4.69) is 0 Å². The SMILES string of the molecule is Cc1ccc(S(=O)OCC2COCCN2C(=O)OC(C)(C)C)cc1. The van der Waals surface area contributed by atoms with Gasteiger partial charge in [-0.25, -0.2) is 9.00 Å². The number of morpholine rings is 1. The number of ether oxygens (including phenoxy) is 2. The number of carbonyl (C=O) groups is 1. The third kappa shape index (κ3) is 5.58. The third-order valence-electron chi connectivity index (χ3n) is 3.44. The fraction of sp³-hybridized carbons (Fsp3) is 0.588. The largest absolute Gasteiger partial charge is 0.444 e. The molecule has 0 aromatic heterocycles. The van der Waals surface area contributed by atoms with Crippen LogP contribution < -0.4 is 0 Å². The van der Waals surface area contributed by atoms with Crippen molar-refractivity contribution in [2.24, 2.45) is 0 Å². The van der Waals surface area contributed by atoms with Gasteiger partial charge in [0.25, 0.3) is 0 Å². The van der Waals surface area contributed by atoms with Crippen molar-refractivity contribution in [2.45, 2.75) is 44.2 Å². The molecular formula is C17H25NO5S. The summed E-state index contributed by atoms with van der Waals surface area (Å²) in [4.78, 5) is 14.5. The Kier molecular flexibility index (Phi) is 6.37. The Morgan fingerprint density at radius 1 is 1.33 bits per heavy atom. The Bertz CT molecular complexity index is 582. The van der Waals surface area contributed by atoms with Gasteiger partial charge in [0.05, 0.1) is 30.8 Å². The van der Waals surface area contributed by atoms with E-state index in [0.717, 1.165) is 5.56 Å². The number of aryl methyl sites for hydroxylation is 1. The predicted molar refractivity (Wildman–Crippen MR) is 91.1 cm³/mol. The van der Waals surface area contributed by atoms with Crippen molar-refractivity contribution >= 4 is 17.2 Å². The molecule has 1 heterocycles. The Morgan fingerprint density at radius 2 is 2.00 bits per heavy atom. The van der Waals surface area contributed by atoms with E-state index < -0.39 is 22.8 Å². The maximum Gasteiger partial charge on any atom is 0.410 e. The second-order valence-corrected chi connectivity index (χ2v) is 7.91. The summed E-state index contributed by atoms with van der Waals surface area (Å²) in [6, 6.07) is 6.99. The van der Waals surface area contributed by atoms with E-state index in [1.807, 2.05) is 39.8 Å². The number of nitrogens with zero attached hydrogens (tertiary/aromatic N) is 1. The van der Waals surface area contributed by atoms with E-state index in [0.29, 0.717) is 24.7 Å². The predicted octanol–water partition coefficient (Wildman–Crippen LogP) is 2.67. The monoisotopic (exact) mass is 355 g/mol. The lowest BCUT2D eigenvalue weighted by Gasteiger charge is -2.36. The van der Waals surface area contributed by atoms with E-state index >= 15 is 0 Å². The van der Waals surface area contributed by atoms with Gasteiger partial charge in [-0.05, 0) is 39.8 Å². The molecule has 2 unspecified atom stereocenters. The zero-order valence-corrected chi connectivity index (χ0v) is 15.4. The van der Waals surface area contributed by atoms with E-state index in [1.165, 1.54) is 0 Å². The highest BCUT2D eigenvalue weighted by Crippen LogP contribution is 2.16. The normalized spacial score (nSPS) is 19.8. The number of carbonyl (C=O) groups excluding carboxylic acids is 1. The van der Waals surface area contributed by atoms with Gasteiger partial charge in [-0.15, -0.1) is 0 Å². The number of hydrogen-bond acceptors (Lipinski definition) is 5. The van der Waals surface area contributed by atoms with Crippen LogP contribution in [0, 0.1) is 6.92 Å². The molecule has 0 bridgehead atoms. The van der Waals surface area contributed by atoms with Crippen molar-refractivity contribution in [2.75, 3.05) is 26.4 Å². The first kappa shape index (κ1) is 18.9. The van der Waals surface area contributed by atoms with Gasteiger partial charge in [-0.2, -0.15) is 0 Å². The van der Waals surface area contributed by atoms with Gasteiger partial charge in [0, 0.05) is 6.54 Å². The molecule has 0 spiro atoms. The number of rotatable bonds is 4. The molecule has 0 aliphatic carbocycles. The zero-order valence-electron chi connectivity index (χ0n) is 14.6. The first-order valence-corrected chi connectivity index (χ1v) is 9.03. The Balaban J connectivity index is 1.94. The molecule has 0 saturated carbocycles. The fourth-order valence-electron chi connectivity index (χ4n) is 2.21. The van der Waals surface area contributed by atoms with Crippen LogP contribution in [0.15, 0.2) is 29.2 Å². The Hall–Kier alpha value is -1.44. The summed E-state index contributed by atoms with van der Waals surface area (Å²) in [7, 11) is 0. The lowest BCUT2D eigenvalue weighted by Crippen LogP contribution is -2.52. The Morgan fingerprint density at radius 3 is 2.62 bits per heavy atom. The molecule has 1 aromatic rings. The molecule has 24 heavy (non-hydrogen) atoms. The molecule has 2 atom stereocenters. The summed E-state index contributed by atoms with van der Waals surface area (Å²) in [5, 5.41) is 0. The fourth-order valence-corrected chi connectivity index (χ4v) is 2.99.